The molecule has 5 heteroatoms. The molecule has 3 aromatic rings. The molecule has 3 aromatic carbocycles. The van der Waals surface area contributed by atoms with Gasteiger partial charge in [0.2, 0.25) is 11.8 Å². The molecule has 140 valence electrons. The number of rotatable bonds is 6. The lowest BCUT2D eigenvalue weighted by atomic mass is 10.0. The van der Waals surface area contributed by atoms with E-state index >= 15 is 0 Å². The summed E-state index contributed by atoms with van der Waals surface area (Å²) in [5.74, 6) is -1.12. The first-order valence-corrected chi connectivity index (χ1v) is 8.72. The molecule has 0 spiro atoms. The van der Waals surface area contributed by atoms with Crippen LogP contribution in [0.1, 0.15) is 5.56 Å². The summed E-state index contributed by atoms with van der Waals surface area (Å²) in [6.45, 7) is 3.39. The zero-order valence-corrected chi connectivity index (χ0v) is 15.1. The fraction of sp³-hybridized carbons (Fsp3) is 0.0435. The summed E-state index contributed by atoms with van der Waals surface area (Å²) in [6.07, 6.45) is 1.27. The lowest BCUT2D eigenvalue weighted by Gasteiger charge is -2.10. The van der Waals surface area contributed by atoms with E-state index in [9.17, 15) is 14.0 Å². The van der Waals surface area contributed by atoms with Crippen molar-refractivity contribution in [3.8, 4) is 11.1 Å². The van der Waals surface area contributed by atoms with Gasteiger partial charge in [0.05, 0.1) is 12.1 Å². The van der Waals surface area contributed by atoms with Crippen molar-refractivity contribution in [2.24, 2.45) is 0 Å². The number of benzene rings is 3. The highest BCUT2D eigenvalue weighted by atomic mass is 19.1. The first-order valence-electron chi connectivity index (χ1n) is 8.72. The van der Waals surface area contributed by atoms with Crippen LogP contribution in [0.15, 0.2) is 85.5 Å². The van der Waals surface area contributed by atoms with Crippen molar-refractivity contribution in [1.82, 2.24) is 0 Å². The van der Waals surface area contributed by atoms with Crippen LogP contribution in [0.25, 0.3) is 11.1 Å². The van der Waals surface area contributed by atoms with E-state index in [1.54, 1.807) is 36.4 Å². The molecule has 3 rings (SSSR count). The molecule has 0 atom stereocenters. The zero-order chi connectivity index (χ0) is 19.9. The summed E-state index contributed by atoms with van der Waals surface area (Å²) in [4.78, 5) is 23.6. The molecule has 0 aliphatic rings. The number of hydrogen-bond acceptors (Lipinski definition) is 2. The quantitative estimate of drug-likeness (QED) is 0.609. The third kappa shape index (κ3) is 4.92. The lowest BCUT2D eigenvalue weighted by molar-refractivity contribution is -0.115. The van der Waals surface area contributed by atoms with Crippen LogP contribution in [-0.4, -0.2) is 11.8 Å². The summed E-state index contributed by atoms with van der Waals surface area (Å²) >= 11 is 0. The Balaban J connectivity index is 1.68. The Labute approximate surface area is 162 Å². The Hall–Kier alpha value is -3.73. The molecule has 0 heterocycles. The second-order valence-electron chi connectivity index (χ2n) is 6.18. The van der Waals surface area contributed by atoms with Crippen LogP contribution in [0, 0.1) is 5.82 Å². The second kappa shape index (κ2) is 8.77. The summed E-state index contributed by atoms with van der Waals surface area (Å²) in [5, 5.41) is 5.26. The highest BCUT2D eigenvalue weighted by Gasteiger charge is 2.10. The van der Waals surface area contributed by atoms with Gasteiger partial charge in [0, 0.05) is 5.69 Å². The Morgan fingerprint density at radius 1 is 0.893 bits per heavy atom. The maximum Gasteiger partial charge on any atom is 0.247 e. The van der Waals surface area contributed by atoms with Crippen LogP contribution < -0.4 is 10.6 Å². The van der Waals surface area contributed by atoms with Gasteiger partial charge in [-0.2, -0.15) is 0 Å². The van der Waals surface area contributed by atoms with Crippen molar-refractivity contribution in [2.75, 3.05) is 10.6 Å². The topological polar surface area (TPSA) is 58.2 Å². The smallest absolute Gasteiger partial charge is 0.247 e. The van der Waals surface area contributed by atoms with Crippen LogP contribution in [0.4, 0.5) is 15.8 Å². The van der Waals surface area contributed by atoms with Crippen molar-refractivity contribution in [3.05, 3.63) is 96.8 Å². The minimum absolute atomic E-state index is 0.0880. The highest BCUT2D eigenvalue weighted by molar-refractivity contribution is 5.99. The summed E-state index contributed by atoms with van der Waals surface area (Å²) in [6, 6.07) is 21.0. The summed E-state index contributed by atoms with van der Waals surface area (Å²) in [7, 11) is 0. The molecule has 0 aromatic heterocycles. The molecule has 4 nitrogen and oxygen atoms in total. The standard InChI is InChI=1S/C23H19FN2O2/c1-2-22(27)25-19-11-8-16(9-12-19)14-23(28)26-21-15-18(10-13-20(21)24)17-6-4-3-5-7-17/h2-13,15H,1,14H2,(H,25,27)(H,26,28). The van der Waals surface area contributed by atoms with E-state index in [0.29, 0.717) is 5.69 Å². The van der Waals surface area contributed by atoms with Crippen molar-refractivity contribution >= 4 is 23.2 Å². The molecule has 2 amide bonds. The Kier molecular flexibility index (Phi) is 5.97. The molecule has 28 heavy (non-hydrogen) atoms. The van der Waals surface area contributed by atoms with Gasteiger partial charge in [0.25, 0.3) is 0 Å². The number of anilines is 2. The van der Waals surface area contributed by atoms with Gasteiger partial charge < -0.3 is 10.6 Å². The van der Waals surface area contributed by atoms with Crippen LogP contribution in [0.3, 0.4) is 0 Å². The van der Waals surface area contributed by atoms with E-state index in [2.05, 4.69) is 17.2 Å². The number of hydrogen-bond donors (Lipinski definition) is 2. The van der Waals surface area contributed by atoms with Gasteiger partial charge >= 0.3 is 0 Å². The fourth-order valence-electron chi connectivity index (χ4n) is 2.71. The van der Waals surface area contributed by atoms with Gasteiger partial charge in [0.1, 0.15) is 5.82 Å². The van der Waals surface area contributed by atoms with Gasteiger partial charge in [-0.1, -0.05) is 55.1 Å². The van der Waals surface area contributed by atoms with Crippen molar-refractivity contribution in [2.45, 2.75) is 6.42 Å². The van der Waals surface area contributed by atoms with E-state index < -0.39 is 5.82 Å². The molecule has 0 aliphatic heterocycles. The van der Waals surface area contributed by atoms with Gasteiger partial charge in [-0.05, 0) is 47.0 Å². The average Bonchev–Trinajstić information content (AvgIpc) is 2.71. The molecule has 0 saturated heterocycles. The minimum atomic E-state index is -0.490. The maximum absolute atomic E-state index is 14.1. The summed E-state index contributed by atoms with van der Waals surface area (Å²) < 4.78 is 14.1. The third-order valence-corrected chi connectivity index (χ3v) is 4.12. The molecule has 0 bridgehead atoms. The Morgan fingerprint density at radius 3 is 2.29 bits per heavy atom. The van der Waals surface area contributed by atoms with E-state index in [1.165, 1.54) is 12.1 Å². The van der Waals surface area contributed by atoms with Gasteiger partial charge in [0.15, 0.2) is 0 Å². The highest BCUT2D eigenvalue weighted by Crippen LogP contribution is 2.25. The van der Waals surface area contributed by atoms with Gasteiger partial charge in [-0.3, -0.25) is 9.59 Å². The number of carbonyl (C=O) groups is 2. The molecule has 2 N–H and O–H groups in total. The SMILES string of the molecule is C=CC(=O)Nc1ccc(CC(=O)Nc2cc(-c3ccccc3)ccc2F)cc1. The number of nitrogens with one attached hydrogen (secondary N) is 2. The molecular weight excluding hydrogens is 355 g/mol. The van der Waals surface area contributed by atoms with Crippen molar-refractivity contribution in [1.29, 1.82) is 0 Å². The first-order chi connectivity index (χ1) is 13.5. The van der Waals surface area contributed by atoms with Crippen molar-refractivity contribution in [3.63, 3.8) is 0 Å². The molecular formula is C23H19FN2O2. The largest absolute Gasteiger partial charge is 0.323 e. The van der Waals surface area contributed by atoms with E-state index in [0.717, 1.165) is 16.7 Å². The molecule has 0 aliphatic carbocycles. The summed E-state index contributed by atoms with van der Waals surface area (Å²) in [5.41, 5.74) is 3.25. The predicted molar refractivity (Wildman–Crippen MR) is 109 cm³/mol. The van der Waals surface area contributed by atoms with Gasteiger partial charge in [-0.25, -0.2) is 4.39 Å². The van der Waals surface area contributed by atoms with Crippen LogP contribution >= 0.6 is 0 Å². The predicted octanol–water partition coefficient (Wildman–Crippen LogP) is 4.80. The Bertz CT molecular complexity index is 999. The second-order valence-corrected chi connectivity index (χ2v) is 6.18. The lowest BCUT2D eigenvalue weighted by Crippen LogP contribution is -2.15. The molecule has 0 saturated carbocycles. The number of halogens is 1. The number of amides is 2. The minimum Gasteiger partial charge on any atom is -0.323 e. The normalized spacial score (nSPS) is 10.2. The van der Waals surface area contributed by atoms with Crippen LogP contribution in [-0.2, 0) is 16.0 Å². The molecule has 0 unspecified atom stereocenters. The zero-order valence-electron chi connectivity index (χ0n) is 15.1. The average molecular weight is 374 g/mol. The van der Waals surface area contributed by atoms with E-state index in [4.69, 9.17) is 0 Å². The third-order valence-electron chi connectivity index (χ3n) is 4.12. The molecule has 0 fully saturated rings. The molecule has 0 radical (unpaired) electrons. The van der Waals surface area contributed by atoms with E-state index in [1.807, 2.05) is 30.3 Å². The van der Waals surface area contributed by atoms with E-state index in [-0.39, 0.29) is 23.9 Å². The maximum atomic E-state index is 14.1. The van der Waals surface area contributed by atoms with Crippen LogP contribution in [0.5, 0.6) is 0 Å². The number of carbonyl (C=O) groups excluding carboxylic acids is 2. The fourth-order valence-corrected chi connectivity index (χ4v) is 2.71. The van der Waals surface area contributed by atoms with Crippen molar-refractivity contribution < 1.29 is 14.0 Å². The van der Waals surface area contributed by atoms with Gasteiger partial charge in [-0.15, -0.1) is 0 Å². The monoisotopic (exact) mass is 374 g/mol. The Morgan fingerprint density at radius 2 is 1.61 bits per heavy atom. The first kappa shape index (κ1) is 19.0. The van der Waals surface area contributed by atoms with Crippen LogP contribution in [0.2, 0.25) is 0 Å².